The molecule has 0 saturated heterocycles. The van der Waals surface area contributed by atoms with Crippen molar-refractivity contribution < 1.29 is 14.4 Å². The van der Waals surface area contributed by atoms with Gasteiger partial charge in [0.15, 0.2) is 0 Å². The molecule has 0 saturated carbocycles. The van der Waals surface area contributed by atoms with Crippen molar-refractivity contribution in [3.05, 3.63) is 71.8 Å². The Labute approximate surface area is 131 Å². The zero-order valence-electron chi connectivity index (χ0n) is 12.7. The third-order valence-electron chi connectivity index (χ3n) is 3.37. The molecular formula is C18H21NO3. The number of hydrogen-bond acceptors (Lipinski definition) is 4. The topological polar surface area (TPSA) is 47.6 Å². The van der Waals surface area contributed by atoms with E-state index in [4.69, 9.17) is 9.57 Å². The van der Waals surface area contributed by atoms with E-state index in [-0.39, 0.29) is 11.9 Å². The van der Waals surface area contributed by atoms with Gasteiger partial charge in [-0.3, -0.25) is 9.63 Å². The number of benzene rings is 2. The molecular weight excluding hydrogens is 278 g/mol. The maximum absolute atomic E-state index is 11.9. The van der Waals surface area contributed by atoms with Crippen LogP contribution in [0.3, 0.4) is 0 Å². The molecule has 0 radical (unpaired) electrons. The highest BCUT2D eigenvalue weighted by atomic mass is 16.6. The Morgan fingerprint density at radius 2 is 1.59 bits per heavy atom. The Hall–Kier alpha value is -2.17. The fraction of sp³-hybridized carbons (Fsp3) is 0.278. The second kappa shape index (κ2) is 8.97. The van der Waals surface area contributed by atoms with Gasteiger partial charge in [0, 0.05) is 6.54 Å². The van der Waals surface area contributed by atoms with Gasteiger partial charge in [-0.15, -0.1) is 0 Å². The Morgan fingerprint density at radius 1 is 1.00 bits per heavy atom. The van der Waals surface area contributed by atoms with Crippen LogP contribution in [-0.4, -0.2) is 19.6 Å². The van der Waals surface area contributed by atoms with Gasteiger partial charge in [-0.1, -0.05) is 60.7 Å². The summed E-state index contributed by atoms with van der Waals surface area (Å²) in [5.41, 5.74) is 5.04. The van der Waals surface area contributed by atoms with Crippen LogP contribution in [0, 0.1) is 5.92 Å². The summed E-state index contributed by atoms with van der Waals surface area (Å²) in [6.07, 6.45) is 0.620. The van der Waals surface area contributed by atoms with Crippen molar-refractivity contribution in [3.63, 3.8) is 0 Å². The van der Waals surface area contributed by atoms with Gasteiger partial charge in [0.1, 0.15) is 0 Å². The highest BCUT2D eigenvalue weighted by Gasteiger charge is 2.19. The number of hydroxylamine groups is 1. The molecule has 22 heavy (non-hydrogen) atoms. The Bertz CT molecular complexity index is 557. The van der Waals surface area contributed by atoms with Crippen LogP contribution >= 0.6 is 0 Å². The van der Waals surface area contributed by atoms with Crippen LogP contribution in [0.15, 0.2) is 60.7 Å². The van der Waals surface area contributed by atoms with Gasteiger partial charge in [-0.25, -0.2) is 5.48 Å². The summed E-state index contributed by atoms with van der Waals surface area (Å²) < 4.78 is 4.87. The van der Waals surface area contributed by atoms with Crippen molar-refractivity contribution >= 4 is 5.97 Å². The highest BCUT2D eigenvalue weighted by Crippen LogP contribution is 2.10. The average Bonchev–Trinajstić information content (AvgIpc) is 2.58. The number of nitrogens with one attached hydrogen (secondary N) is 1. The first-order chi connectivity index (χ1) is 10.8. The highest BCUT2D eigenvalue weighted by molar-refractivity contribution is 5.72. The van der Waals surface area contributed by atoms with Gasteiger partial charge in [0.25, 0.3) is 0 Å². The standard InChI is InChI=1S/C18H21NO3/c1-21-18(20)17(12-15-8-4-2-5-9-15)13-19-22-14-16-10-6-3-7-11-16/h2-11,17,19H,12-14H2,1H3. The van der Waals surface area contributed by atoms with E-state index in [1.807, 2.05) is 60.7 Å². The fourth-order valence-corrected chi connectivity index (χ4v) is 2.17. The smallest absolute Gasteiger partial charge is 0.310 e. The normalized spacial score (nSPS) is 11.9. The zero-order valence-corrected chi connectivity index (χ0v) is 12.7. The summed E-state index contributed by atoms with van der Waals surface area (Å²) in [5, 5.41) is 0. The number of ether oxygens (including phenoxy) is 1. The van der Waals surface area contributed by atoms with E-state index in [2.05, 4.69) is 5.48 Å². The molecule has 1 atom stereocenters. The number of carbonyl (C=O) groups excluding carboxylic acids is 1. The van der Waals surface area contributed by atoms with Crippen LogP contribution in [0.1, 0.15) is 11.1 Å². The van der Waals surface area contributed by atoms with Crippen LogP contribution in [-0.2, 0) is 27.4 Å². The summed E-state index contributed by atoms with van der Waals surface area (Å²) in [5.74, 6) is -0.511. The molecule has 0 bridgehead atoms. The third-order valence-corrected chi connectivity index (χ3v) is 3.37. The molecule has 116 valence electrons. The van der Waals surface area contributed by atoms with Crippen molar-refractivity contribution in [2.75, 3.05) is 13.7 Å². The first-order valence-corrected chi connectivity index (χ1v) is 7.30. The molecule has 0 spiro atoms. The van der Waals surface area contributed by atoms with Crippen LogP contribution < -0.4 is 5.48 Å². The van der Waals surface area contributed by atoms with Crippen LogP contribution in [0.4, 0.5) is 0 Å². The lowest BCUT2D eigenvalue weighted by atomic mass is 10.00. The van der Waals surface area contributed by atoms with Gasteiger partial charge in [-0.05, 0) is 17.5 Å². The first kappa shape index (κ1) is 16.2. The molecule has 2 aromatic carbocycles. The average molecular weight is 299 g/mol. The lowest BCUT2D eigenvalue weighted by Gasteiger charge is -2.15. The zero-order chi connectivity index (χ0) is 15.6. The number of hydrogen-bond donors (Lipinski definition) is 1. The van der Waals surface area contributed by atoms with Crippen LogP contribution in [0.25, 0.3) is 0 Å². The van der Waals surface area contributed by atoms with Gasteiger partial charge >= 0.3 is 5.97 Å². The van der Waals surface area contributed by atoms with E-state index in [1.165, 1.54) is 7.11 Å². The van der Waals surface area contributed by atoms with Crippen molar-refractivity contribution in [1.82, 2.24) is 5.48 Å². The summed E-state index contributed by atoms with van der Waals surface area (Å²) in [4.78, 5) is 17.3. The fourth-order valence-electron chi connectivity index (χ4n) is 2.17. The predicted octanol–water partition coefficient (Wildman–Crippen LogP) is 2.74. The number of carbonyl (C=O) groups is 1. The molecule has 0 aliphatic heterocycles. The number of rotatable bonds is 8. The molecule has 1 unspecified atom stereocenters. The van der Waals surface area contributed by atoms with Gasteiger partial charge in [-0.2, -0.15) is 0 Å². The minimum Gasteiger partial charge on any atom is -0.469 e. The number of methoxy groups -OCH3 is 1. The maximum Gasteiger partial charge on any atom is 0.310 e. The van der Waals surface area contributed by atoms with Gasteiger partial charge in [0.2, 0.25) is 0 Å². The third kappa shape index (κ3) is 5.31. The summed E-state index contributed by atoms with van der Waals surface area (Å²) in [6, 6.07) is 19.7. The Kier molecular flexibility index (Phi) is 6.61. The minimum atomic E-state index is -0.275. The SMILES string of the molecule is COC(=O)C(CNOCc1ccccc1)Cc1ccccc1. The van der Waals surface area contributed by atoms with E-state index in [0.717, 1.165) is 11.1 Å². The lowest BCUT2D eigenvalue weighted by molar-refractivity contribution is -0.146. The largest absolute Gasteiger partial charge is 0.469 e. The second-order valence-electron chi connectivity index (χ2n) is 5.03. The van der Waals surface area contributed by atoms with E-state index in [9.17, 15) is 4.79 Å². The molecule has 0 heterocycles. The quantitative estimate of drug-likeness (QED) is 0.462. The van der Waals surface area contributed by atoms with Crippen LogP contribution in [0.5, 0.6) is 0 Å². The molecule has 4 heteroatoms. The molecule has 0 aliphatic rings. The van der Waals surface area contributed by atoms with Crippen molar-refractivity contribution in [1.29, 1.82) is 0 Å². The molecule has 4 nitrogen and oxygen atoms in total. The van der Waals surface area contributed by atoms with Gasteiger partial charge < -0.3 is 4.74 Å². The van der Waals surface area contributed by atoms with Crippen LogP contribution in [0.2, 0.25) is 0 Å². The summed E-state index contributed by atoms with van der Waals surface area (Å²) in [7, 11) is 1.41. The number of esters is 1. The van der Waals surface area contributed by atoms with Crippen molar-refractivity contribution in [3.8, 4) is 0 Å². The molecule has 0 aliphatic carbocycles. The molecule has 2 aromatic rings. The lowest BCUT2D eigenvalue weighted by Crippen LogP contribution is -2.31. The second-order valence-corrected chi connectivity index (χ2v) is 5.03. The van der Waals surface area contributed by atoms with E-state index in [0.29, 0.717) is 19.6 Å². The predicted molar refractivity (Wildman–Crippen MR) is 84.9 cm³/mol. The van der Waals surface area contributed by atoms with E-state index >= 15 is 0 Å². The molecule has 0 aromatic heterocycles. The van der Waals surface area contributed by atoms with Gasteiger partial charge in [0.05, 0.1) is 19.6 Å². The maximum atomic E-state index is 11.9. The monoisotopic (exact) mass is 299 g/mol. The minimum absolute atomic E-state index is 0.236. The molecule has 1 N–H and O–H groups in total. The summed E-state index contributed by atoms with van der Waals surface area (Å²) >= 11 is 0. The molecule has 0 amide bonds. The molecule has 2 rings (SSSR count). The van der Waals surface area contributed by atoms with Crippen molar-refractivity contribution in [2.45, 2.75) is 13.0 Å². The van der Waals surface area contributed by atoms with E-state index in [1.54, 1.807) is 0 Å². The van der Waals surface area contributed by atoms with E-state index < -0.39 is 0 Å². The van der Waals surface area contributed by atoms with Crippen molar-refractivity contribution in [2.24, 2.45) is 5.92 Å². The Morgan fingerprint density at radius 3 is 2.18 bits per heavy atom. The summed E-state index contributed by atoms with van der Waals surface area (Å²) in [6.45, 7) is 0.870. The molecule has 0 fully saturated rings. The first-order valence-electron chi connectivity index (χ1n) is 7.30. The Balaban J connectivity index is 1.81.